The van der Waals surface area contributed by atoms with Crippen LogP contribution in [0.1, 0.15) is 18.1 Å². The summed E-state index contributed by atoms with van der Waals surface area (Å²) >= 11 is 3.46. The highest BCUT2D eigenvalue weighted by molar-refractivity contribution is 9.10. The maximum atomic E-state index is 13.4. The van der Waals surface area contributed by atoms with Gasteiger partial charge < -0.3 is 19.5 Å². The third-order valence-electron chi connectivity index (χ3n) is 4.66. The third kappa shape index (κ3) is 6.59. The van der Waals surface area contributed by atoms with Crippen LogP contribution in [0.15, 0.2) is 70.7 Å². The van der Waals surface area contributed by atoms with E-state index in [1.165, 1.54) is 18.2 Å². The van der Waals surface area contributed by atoms with Gasteiger partial charge in [0, 0.05) is 10.2 Å². The standard InChI is InChI=1S/C26H22BrFN2O4/c1-3-33-24-13-18(23(27)14-25(24)34-16-17-5-4-6-20(28)11-17)12-19(15-29)26(31)30-21-7-9-22(32-2)10-8-21/h4-14H,3,16H2,1-2H3,(H,30,31)/b19-12+. The Hall–Kier alpha value is -3.83. The third-order valence-corrected chi connectivity index (χ3v) is 5.35. The van der Waals surface area contributed by atoms with Crippen molar-refractivity contribution in [2.24, 2.45) is 0 Å². The number of hydrogen-bond donors (Lipinski definition) is 1. The zero-order valence-electron chi connectivity index (χ0n) is 18.6. The van der Waals surface area contributed by atoms with E-state index in [4.69, 9.17) is 14.2 Å². The first-order chi connectivity index (χ1) is 16.4. The van der Waals surface area contributed by atoms with E-state index in [0.29, 0.717) is 45.1 Å². The number of amides is 1. The van der Waals surface area contributed by atoms with Gasteiger partial charge in [0.25, 0.3) is 5.91 Å². The van der Waals surface area contributed by atoms with Gasteiger partial charge in [0.05, 0.1) is 13.7 Å². The number of halogens is 2. The van der Waals surface area contributed by atoms with Crippen LogP contribution >= 0.6 is 15.9 Å². The minimum atomic E-state index is -0.552. The molecule has 0 aliphatic heterocycles. The molecule has 0 saturated carbocycles. The molecule has 174 valence electrons. The average Bonchev–Trinajstić information content (AvgIpc) is 2.83. The van der Waals surface area contributed by atoms with E-state index in [1.54, 1.807) is 55.6 Å². The average molecular weight is 525 g/mol. The van der Waals surface area contributed by atoms with Crippen molar-refractivity contribution in [2.75, 3.05) is 19.0 Å². The molecule has 34 heavy (non-hydrogen) atoms. The molecule has 0 saturated heterocycles. The number of benzene rings is 3. The minimum Gasteiger partial charge on any atom is -0.497 e. The smallest absolute Gasteiger partial charge is 0.266 e. The van der Waals surface area contributed by atoms with Crippen LogP contribution < -0.4 is 19.5 Å². The van der Waals surface area contributed by atoms with E-state index in [9.17, 15) is 14.4 Å². The van der Waals surface area contributed by atoms with Crippen molar-refractivity contribution in [3.8, 4) is 23.3 Å². The van der Waals surface area contributed by atoms with E-state index in [-0.39, 0.29) is 18.0 Å². The number of hydrogen-bond acceptors (Lipinski definition) is 5. The Labute approximate surface area is 205 Å². The highest BCUT2D eigenvalue weighted by Gasteiger charge is 2.14. The Morgan fingerprint density at radius 3 is 2.50 bits per heavy atom. The first-order valence-corrected chi connectivity index (χ1v) is 11.1. The monoisotopic (exact) mass is 524 g/mol. The minimum absolute atomic E-state index is 0.0904. The molecule has 8 heteroatoms. The highest BCUT2D eigenvalue weighted by atomic mass is 79.9. The molecule has 3 aromatic rings. The molecule has 0 heterocycles. The van der Waals surface area contributed by atoms with Gasteiger partial charge in [-0.3, -0.25) is 4.79 Å². The molecule has 1 N–H and O–H groups in total. The molecule has 0 aromatic heterocycles. The number of rotatable bonds is 9. The maximum absolute atomic E-state index is 13.4. The van der Waals surface area contributed by atoms with Crippen molar-refractivity contribution in [3.63, 3.8) is 0 Å². The van der Waals surface area contributed by atoms with Gasteiger partial charge in [0.15, 0.2) is 11.5 Å². The molecule has 3 rings (SSSR count). The van der Waals surface area contributed by atoms with Crippen molar-refractivity contribution in [1.29, 1.82) is 5.26 Å². The normalized spacial score (nSPS) is 10.9. The molecular weight excluding hydrogens is 503 g/mol. The topological polar surface area (TPSA) is 80.6 Å². The van der Waals surface area contributed by atoms with Gasteiger partial charge in [-0.15, -0.1) is 0 Å². The molecule has 0 aliphatic rings. The summed E-state index contributed by atoms with van der Waals surface area (Å²) < 4.78 is 30.7. The molecular formula is C26H22BrFN2O4. The van der Waals surface area contributed by atoms with Gasteiger partial charge in [0.1, 0.15) is 29.8 Å². The van der Waals surface area contributed by atoms with Crippen molar-refractivity contribution in [2.45, 2.75) is 13.5 Å². The summed E-state index contributed by atoms with van der Waals surface area (Å²) in [6.45, 7) is 2.36. The van der Waals surface area contributed by atoms with E-state index >= 15 is 0 Å². The lowest BCUT2D eigenvalue weighted by Gasteiger charge is -2.14. The molecule has 0 atom stereocenters. The zero-order chi connectivity index (χ0) is 24.5. The van der Waals surface area contributed by atoms with E-state index in [0.717, 1.165) is 0 Å². The fourth-order valence-electron chi connectivity index (χ4n) is 3.01. The predicted molar refractivity (Wildman–Crippen MR) is 131 cm³/mol. The molecule has 1 amide bonds. The van der Waals surface area contributed by atoms with Gasteiger partial charge in [-0.25, -0.2) is 4.39 Å². The molecule has 0 aliphatic carbocycles. The van der Waals surface area contributed by atoms with Crippen LogP contribution in [0.4, 0.5) is 10.1 Å². The van der Waals surface area contributed by atoms with Crippen molar-refractivity contribution < 1.29 is 23.4 Å². The van der Waals surface area contributed by atoms with Gasteiger partial charge in [-0.1, -0.05) is 28.1 Å². The van der Waals surface area contributed by atoms with Gasteiger partial charge in [-0.05, 0) is 72.7 Å². The molecule has 0 radical (unpaired) electrons. The van der Waals surface area contributed by atoms with Crippen LogP contribution in [-0.2, 0) is 11.4 Å². The van der Waals surface area contributed by atoms with Crippen LogP contribution in [0.25, 0.3) is 6.08 Å². The lowest BCUT2D eigenvalue weighted by Crippen LogP contribution is -2.13. The second kappa shape index (κ2) is 11.9. The number of carbonyl (C=O) groups is 1. The number of nitrogens with one attached hydrogen (secondary N) is 1. The Morgan fingerprint density at radius 2 is 1.85 bits per heavy atom. The quantitative estimate of drug-likeness (QED) is 0.269. The second-order valence-corrected chi connectivity index (χ2v) is 7.88. The van der Waals surface area contributed by atoms with Crippen LogP contribution in [0.3, 0.4) is 0 Å². The summed E-state index contributed by atoms with van der Waals surface area (Å²) in [6, 6.07) is 18.2. The molecule has 0 unspecified atom stereocenters. The number of nitriles is 1. The van der Waals surface area contributed by atoms with Gasteiger partial charge in [0.2, 0.25) is 0 Å². The van der Waals surface area contributed by atoms with E-state index in [2.05, 4.69) is 21.2 Å². The summed E-state index contributed by atoms with van der Waals surface area (Å²) in [5, 5.41) is 12.3. The summed E-state index contributed by atoms with van der Waals surface area (Å²) in [6.07, 6.45) is 1.46. The van der Waals surface area contributed by atoms with Gasteiger partial charge >= 0.3 is 0 Å². The first kappa shape index (κ1) is 24.8. The van der Waals surface area contributed by atoms with E-state index in [1.807, 2.05) is 13.0 Å². The summed E-state index contributed by atoms with van der Waals surface area (Å²) in [5.41, 5.74) is 1.67. The highest BCUT2D eigenvalue weighted by Crippen LogP contribution is 2.35. The lowest BCUT2D eigenvalue weighted by atomic mass is 10.1. The molecule has 6 nitrogen and oxygen atoms in total. The Balaban J connectivity index is 1.82. The SMILES string of the molecule is CCOc1cc(/C=C(\C#N)C(=O)Nc2ccc(OC)cc2)c(Br)cc1OCc1cccc(F)c1. The predicted octanol–water partition coefficient (Wildman–Crippen LogP) is 6.12. The second-order valence-electron chi connectivity index (χ2n) is 7.02. The summed E-state index contributed by atoms with van der Waals surface area (Å²) in [4.78, 5) is 12.6. The fourth-order valence-corrected chi connectivity index (χ4v) is 3.44. The summed E-state index contributed by atoms with van der Waals surface area (Å²) in [5.74, 6) is 0.632. The Bertz CT molecular complexity index is 1240. The molecule has 3 aromatic carbocycles. The van der Waals surface area contributed by atoms with Crippen LogP contribution in [-0.4, -0.2) is 19.6 Å². The fraction of sp³-hybridized carbons (Fsp3) is 0.154. The lowest BCUT2D eigenvalue weighted by molar-refractivity contribution is -0.112. The van der Waals surface area contributed by atoms with Crippen molar-refractivity contribution >= 4 is 33.6 Å². The molecule has 0 fully saturated rings. The van der Waals surface area contributed by atoms with Crippen molar-refractivity contribution in [3.05, 3.63) is 87.7 Å². The number of carbonyl (C=O) groups excluding carboxylic acids is 1. The largest absolute Gasteiger partial charge is 0.497 e. The van der Waals surface area contributed by atoms with Crippen molar-refractivity contribution in [1.82, 2.24) is 0 Å². The first-order valence-electron chi connectivity index (χ1n) is 10.3. The number of nitrogens with zero attached hydrogens (tertiary/aromatic N) is 1. The Kier molecular flexibility index (Phi) is 8.66. The Morgan fingerprint density at radius 1 is 1.12 bits per heavy atom. The molecule has 0 bridgehead atoms. The van der Waals surface area contributed by atoms with Crippen LogP contribution in [0.5, 0.6) is 17.2 Å². The maximum Gasteiger partial charge on any atom is 0.266 e. The van der Waals surface area contributed by atoms with Gasteiger partial charge in [-0.2, -0.15) is 5.26 Å². The zero-order valence-corrected chi connectivity index (χ0v) is 20.2. The molecule has 0 spiro atoms. The summed E-state index contributed by atoms with van der Waals surface area (Å²) in [7, 11) is 1.55. The van der Waals surface area contributed by atoms with Crippen LogP contribution in [0.2, 0.25) is 0 Å². The van der Waals surface area contributed by atoms with Crippen LogP contribution in [0, 0.1) is 17.1 Å². The number of anilines is 1. The number of ether oxygens (including phenoxy) is 3. The number of methoxy groups -OCH3 is 1. The van der Waals surface area contributed by atoms with E-state index < -0.39 is 5.91 Å².